The molecule has 1 N–H and O–H groups in total. The van der Waals surface area contributed by atoms with Crippen molar-refractivity contribution in [2.75, 3.05) is 5.32 Å². The van der Waals surface area contributed by atoms with Gasteiger partial charge in [-0.25, -0.2) is 9.97 Å². The summed E-state index contributed by atoms with van der Waals surface area (Å²) in [7, 11) is 0. The Balaban J connectivity index is 1.82. The van der Waals surface area contributed by atoms with Crippen molar-refractivity contribution in [1.29, 1.82) is 0 Å². The lowest BCUT2D eigenvalue weighted by atomic mass is 9.98. The average molecular weight is 241 g/mol. The van der Waals surface area contributed by atoms with Crippen LogP contribution in [0.3, 0.4) is 0 Å². The molecular formula is C15H19N3. The number of hydrogen-bond acceptors (Lipinski definition) is 3. The monoisotopic (exact) mass is 241 g/mol. The van der Waals surface area contributed by atoms with Crippen molar-refractivity contribution in [3.05, 3.63) is 30.5 Å². The molecule has 1 aromatic heterocycles. The Labute approximate surface area is 108 Å². The van der Waals surface area contributed by atoms with E-state index in [4.69, 9.17) is 0 Å². The predicted octanol–water partition coefficient (Wildman–Crippen LogP) is 3.48. The number of aromatic nitrogens is 2. The quantitative estimate of drug-likeness (QED) is 0.874. The van der Waals surface area contributed by atoms with E-state index in [1.54, 1.807) is 0 Å². The molecule has 0 radical (unpaired) electrons. The van der Waals surface area contributed by atoms with E-state index in [9.17, 15) is 0 Å². The molecule has 3 unspecified atom stereocenters. The molecule has 1 aliphatic rings. The van der Waals surface area contributed by atoms with Gasteiger partial charge in [-0.1, -0.05) is 32.0 Å². The van der Waals surface area contributed by atoms with Crippen molar-refractivity contribution in [3.8, 4) is 0 Å². The molecule has 3 rings (SSSR count). The van der Waals surface area contributed by atoms with Crippen molar-refractivity contribution < 1.29 is 0 Å². The van der Waals surface area contributed by atoms with Gasteiger partial charge in [-0.3, -0.25) is 0 Å². The van der Waals surface area contributed by atoms with E-state index in [0.717, 1.165) is 22.8 Å². The van der Waals surface area contributed by atoms with Crippen LogP contribution in [0, 0.1) is 11.8 Å². The van der Waals surface area contributed by atoms with Crippen LogP contribution in [0.15, 0.2) is 30.5 Å². The summed E-state index contributed by atoms with van der Waals surface area (Å²) < 4.78 is 0. The number of nitrogens with one attached hydrogen (secondary N) is 1. The van der Waals surface area contributed by atoms with Gasteiger partial charge in [0.25, 0.3) is 0 Å². The van der Waals surface area contributed by atoms with Gasteiger partial charge in [0, 0.05) is 17.6 Å². The van der Waals surface area contributed by atoms with Crippen LogP contribution in [0.25, 0.3) is 10.9 Å². The molecule has 0 saturated heterocycles. The van der Waals surface area contributed by atoms with Gasteiger partial charge in [0.1, 0.15) is 0 Å². The van der Waals surface area contributed by atoms with E-state index in [1.165, 1.54) is 12.8 Å². The lowest BCUT2D eigenvalue weighted by Gasteiger charge is -2.19. The fourth-order valence-electron chi connectivity index (χ4n) is 2.78. The van der Waals surface area contributed by atoms with E-state index in [1.807, 2.05) is 30.5 Å². The van der Waals surface area contributed by atoms with E-state index < -0.39 is 0 Å². The van der Waals surface area contributed by atoms with Crippen LogP contribution < -0.4 is 5.32 Å². The summed E-state index contributed by atoms with van der Waals surface area (Å²) >= 11 is 0. The van der Waals surface area contributed by atoms with Gasteiger partial charge >= 0.3 is 0 Å². The molecule has 1 fully saturated rings. The van der Waals surface area contributed by atoms with Gasteiger partial charge in [0.2, 0.25) is 5.95 Å². The highest BCUT2D eigenvalue weighted by Crippen LogP contribution is 2.32. The summed E-state index contributed by atoms with van der Waals surface area (Å²) in [5, 5.41) is 4.58. The zero-order valence-corrected chi connectivity index (χ0v) is 10.9. The fraction of sp³-hybridized carbons (Fsp3) is 0.467. The first-order valence-electron chi connectivity index (χ1n) is 6.72. The Morgan fingerprint density at radius 2 is 2.00 bits per heavy atom. The SMILES string of the molecule is CC1CCC(Nc2ncc3ccccc3n2)C1C. The second-order valence-corrected chi connectivity index (χ2v) is 5.42. The Kier molecular flexibility index (Phi) is 2.90. The maximum absolute atomic E-state index is 4.58. The van der Waals surface area contributed by atoms with Crippen LogP contribution in [-0.4, -0.2) is 16.0 Å². The Bertz CT molecular complexity index is 552. The highest BCUT2D eigenvalue weighted by molar-refractivity contribution is 5.78. The van der Waals surface area contributed by atoms with Crippen molar-refractivity contribution >= 4 is 16.9 Å². The zero-order valence-electron chi connectivity index (χ0n) is 10.9. The van der Waals surface area contributed by atoms with Crippen LogP contribution in [0.1, 0.15) is 26.7 Å². The van der Waals surface area contributed by atoms with Crippen LogP contribution >= 0.6 is 0 Å². The molecule has 0 spiro atoms. The third-order valence-electron chi connectivity index (χ3n) is 4.27. The maximum Gasteiger partial charge on any atom is 0.223 e. The Morgan fingerprint density at radius 1 is 1.17 bits per heavy atom. The molecule has 18 heavy (non-hydrogen) atoms. The van der Waals surface area contributed by atoms with E-state index in [2.05, 4.69) is 29.1 Å². The molecule has 1 aromatic carbocycles. The summed E-state index contributed by atoms with van der Waals surface area (Å²) in [6.07, 6.45) is 4.42. The topological polar surface area (TPSA) is 37.8 Å². The summed E-state index contributed by atoms with van der Waals surface area (Å²) in [5.74, 6) is 2.25. The first-order valence-corrected chi connectivity index (χ1v) is 6.72. The lowest BCUT2D eigenvalue weighted by Crippen LogP contribution is -2.25. The minimum Gasteiger partial charge on any atom is -0.351 e. The molecule has 3 heteroatoms. The van der Waals surface area contributed by atoms with E-state index in [0.29, 0.717) is 12.0 Å². The second kappa shape index (κ2) is 4.56. The normalized spacial score (nSPS) is 27.6. The predicted molar refractivity (Wildman–Crippen MR) is 74.5 cm³/mol. The third-order valence-corrected chi connectivity index (χ3v) is 4.27. The minimum atomic E-state index is 0.515. The van der Waals surface area contributed by atoms with Gasteiger partial charge in [-0.15, -0.1) is 0 Å². The van der Waals surface area contributed by atoms with Gasteiger partial charge in [-0.05, 0) is 30.7 Å². The third kappa shape index (κ3) is 2.05. The first-order chi connectivity index (χ1) is 8.74. The molecule has 1 aliphatic carbocycles. The van der Waals surface area contributed by atoms with Crippen molar-refractivity contribution in [2.24, 2.45) is 11.8 Å². The maximum atomic E-state index is 4.58. The molecule has 94 valence electrons. The van der Waals surface area contributed by atoms with Gasteiger partial charge < -0.3 is 5.32 Å². The van der Waals surface area contributed by atoms with Crippen LogP contribution in [0.4, 0.5) is 5.95 Å². The molecule has 3 atom stereocenters. The number of rotatable bonds is 2. The summed E-state index contributed by atoms with van der Waals surface area (Å²) in [6.45, 7) is 4.64. The van der Waals surface area contributed by atoms with Gasteiger partial charge in [-0.2, -0.15) is 0 Å². The van der Waals surface area contributed by atoms with Crippen molar-refractivity contribution in [2.45, 2.75) is 32.7 Å². The molecule has 3 nitrogen and oxygen atoms in total. The number of fused-ring (bicyclic) bond motifs is 1. The van der Waals surface area contributed by atoms with Gasteiger partial charge in [0.05, 0.1) is 5.52 Å². The molecule has 1 saturated carbocycles. The highest BCUT2D eigenvalue weighted by atomic mass is 15.1. The molecule has 0 bridgehead atoms. The van der Waals surface area contributed by atoms with Crippen LogP contribution in [0.5, 0.6) is 0 Å². The number of anilines is 1. The van der Waals surface area contributed by atoms with Crippen molar-refractivity contribution in [3.63, 3.8) is 0 Å². The Morgan fingerprint density at radius 3 is 2.78 bits per heavy atom. The number of benzene rings is 1. The number of hydrogen-bond donors (Lipinski definition) is 1. The van der Waals surface area contributed by atoms with Crippen LogP contribution in [-0.2, 0) is 0 Å². The fourth-order valence-corrected chi connectivity index (χ4v) is 2.78. The zero-order chi connectivity index (χ0) is 12.5. The first kappa shape index (κ1) is 11.5. The summed E-state index contributed by atoms with van der Waals surface area (Å²) in [5.41, 5.74) is 1.01. The average Bonchev–Trinajstić information content (AvgIpc) is 2.71. The molecular weight excluding hydrogens is 222 g/mol. The minimum absolute atomic E-state index is 0.515. The molecule has 0 aliphatic heterocycles. The smallest absolute Gasteiger partial charge is 0.223 e. The molecule has 1 heterocycles. The Hall–Kier alpha value is -1.64. The lowest BCUT2D eigenvalue weighted by molar-refractivity contribution is 0.434. The van der Waals surface area contributed by atoms with Gasteiger partial charge in [0.15, 0.2) is 0 Å². The standard InChI is InChI=1S/C15H19N3/c1-10-7-8-13(11(10)2)17-15-16-9-12-5-3-4-6-14(12)18-15/h3-6,9-11,13H,7-8H2,1-2H3,(H,16,17,18). The second-order valence-electron chi connectivity index (χ2n) is 5.42. The largest absolute Gasteiger partial charge is 0.351 e. The number of para-hydroxylation sites is 1. The molecule has 0 amide bonds. The molecule has 2 aromatic rings. The van der Waals surface area contributed by atoms with Crippen molar-refractivity contribution in [1.82, 2.24) is 9.97 Å². The number of nitrogens with zero attached hydrogens (tertiary/aromatic N) is 2. The van der Waals surface area contributed by atoms with E-state index >= 15 is 0 Å². The summed E-state index contributed by atoms with van der Waals surface area (Å²) in [6, 6.07) is 8.61. The highest BCUT2D eigenvalue weighted by Gasteiger charge is 2.29. The van der Waals surface area contributed by atoms with E-state index in [-0.39, 0.29) is 0 Å². The summed E-state index contributed by atoms with van der Waals surface area (Å²) in [4.78, 5) is 8.98. The van der Waals surface area contributed by atoms with Crippen LogP contribution in [0.2, 0.25) is 0 Å².